The lowest BCUT2D eigenvalue weighted by atomic mass is 10.1. The van der Waals surface area contributed by atoms with Gasteiger partial charge in [0.05, 0.1) is 11.6 Å². The van der Waals surface area contributed by atoms with Gasteiger partial charge < -0.3 is 0 Å². The molecule has 0 spiro atoms. The van der Waals surface area contributed by atoms with Gasteiger partial charge in [-0.2, -0.15) is 17.0 Å². The number of nitriles is 1. The summed E-state index contributed by atoms with van der Waals surface area (Å²) in [6.45, 7) is 2.22. The van der Waals surface area contributed by atoms with E-state index in [9.17, 15) is 0 Å². The van der Waals surface area contributed by atoms with Crippen molar-refractivity contribution in [1.29, 1.82) is 5.26 Å². The zero-order valence-electron chi connectivity index (χ0n) is 9.20. The second-order valence-electron chi connectivity index (χ2n) is 3.53. The highest BCUT2D eigenvalue weighted by atomic mass is 32.2. The molecule has 2 heteroatoms. The van der Waals surface area contributed by atoms with Crippen LogP contribution in [-0.4, -0.2) is 5.75 Å². The van der Waals surface area contributed by atoms with Crippen LogP contribution in [0.5, 0.6) is 0 Å². The molecule has 0 N–H and O–H groups in total. The molecule has 1 aromatic rings. The molecule has 0 unspecified atom stereocenters. The van der Waals surface area contributed by atoms with Gasteiger partial charge >= 0.3 is 0 Å². The fraction of sp³-hybridized carbons (Fsp3) is 0.462. The molecular formula is C13H17NS. The summed E-state index contributed by atoms with van der Waals surface area (Å²) in [6, 6.07) is 10.1. The first-order valence-corrected chi connectivity index (χ1v) is 6.59. The molecule has 1 aromatic carbocycles. The highest BCUT2D eigenvalue weighted by Crippen LogP contribution is 2.17. The van der Waals surface area contributed by atoms with E-state index in [1.165, 1.54) is 30.6 Å². The van der Waals surface area contributed by atoms with Gasteiger partial charge in [-0.15, -0.1) is 0 Å². The Morgan fingerprint density at radius 1 is 1.27 bits per heavy atom. The van der Waals surface area contributed by atoms with Crippen LogP contribution < -0.4 is 0 Å². The van der Waals surface area contributed by atoms with Gasteiger partial charge in [0.1, 0.15) is 0 Å². The van der Waals surface area contributed by atoms with Gasteiger partial charge in [0.15, 0.2) is 0 Å². The predicted molar refractivity (Wildman–Crippen MR) is 66.8 cm³/mol. The van der Waals surface area contributed by atoms with E-state index in [-0.39, 0.29) is 0 Å². The van der Waals surface area contributed by atoms with Crippen LogP contribution in [0.2, 0.25) is 0 Å². The minimum Gasteiger partial charge on any atom is -0.192 e. The number of rotatable bonds is 6. The van der Waals surface area contributed by atoms with E-state index in [1.54, 1.807) is 0 Å². The lowest BCUT2D eigenvalue weighted by Crippen LogP contribution is -1.88. The Hall–Kier alpha value is -0.940. The summed E-state index contributed by atoms with van der Waals surface area (Å²) in [5.74, 6) is 2.17. The van der Waals surface area contributed by atoms with Crippen molar-refractivity contribution < 1.29 is 0 Å². The van der Waals surface area contributed by atoms with Gasteiger partial charge in [-0.3, -0.25) is 0 Å². The molecule has 1 nitrogen and oxygen atoms in total. The highest BCUT2D eigenvalue weighted by molar-refractivity contribution is 7.98. The first-order chi connectivity index (χ1) is 7.38. The van der Waals surface area contributed by atoms with Gasteiger partial charge in [0, 0.05) is 5.75 Å². The normalized spacial score (nSPS) is 9.87. The molecule has 80 valence electrons. The predicted octanol–water partition coefficient (Wildman–Crippen LogP) is 3.98. The van der Waals surface area contributed by atoms with E-state index in [0.29, 0.717) is 0 Å². The third-order valence-corrected chi connectivity index (χ3v) is 3.38. The van der Waals surface area contributed by atoms with Crippen molar-refractivity contribution >= 4 is 11.8 Å². The summed E-state index contributed by atoms with van der Waals surface area (Å²) in [5, 5.41) is 8.90. The monoisotopic (exact) mass is 219 g/mol. The second kappa shape index (κ2) is 7.36. The first-order valence-electron chi connectivity index (χ1n) is 5.44. The fourth-order valence-corrected chi connectivity index (χ4v) is 2.42. The van der Waals surface area contributed by atoms with Crippen molar-refractivity contribution in [2.45, 2.75) is 31.9 Å². The molecule has 1 rings (SSSR count). The van der Waals surface area contributed by atoms with Crippen LogP contribution in [0.1, 0.15) is 37.3 Å². The van der Waals surface area contributed by atoms with Crippen LogP contribution in [0.3, 0.4) is 0 Å². The Morgan fingerprint density at radius 3 is 2.80 bits per heavy atom. The van der Waals surface area contributed by atoms with Gasteiger partial charge in [0.25, 0.3) is 0 Å². The van der Waals surface area contributed by atoms with E-state index in [1.807, 2.05) is 36.0 Å². The molecule has 0 heterocycles. The van der Waals surface area contributed by atoms with Crippen molar-refractivity contribution in [2.75, 3.05) is 5.75 Å². The van der Waals surface area contributed by atoms with E-state index in [2.05, 4.69) is 13.0 Å². The molecule has 0 aliphatic rings. The van der Waals surface area contributed by atoms with Crippen molar-refractivity contribution in [3.8, 4) is 6.07 Å². The first kappa shape index (κ1) is 12.1. The van der Waals surface area contributed by atoms with E-state index >= 15 is 0 Å². The van der Waals surface area contributed by atoms with Crippen LogP contribution in [0.4, 0.5) is 0 Å². The van der Waals surface area contributed by atoms with Crippen LogP contribution in [0.15, 0.2) is 24.3 Å². The molecule has 0 aromatic heterocycles. The van der Waals surface area contributed by atoms with Crippen LogP contribution in [-0.2, 0) is 5.75 Å². The van der Waals surface area contributed by atoms with Gasteiger partial charge in [-0.05, 0) is 23.8 Å². The van der Waals surface area contributed by atoms with Gasteiger partial charge in [-0.1, -0.05) is 38.0 Å². The van der Waals surface area contributed by atoms with Crippen molar-refractivity contribution in [2.24, 2.45) is 0 Å². The molecular weight excluding hydrogens is 202 g/mol. The zero-order valence-corrected chi connectivity index (χ0v) is 10.0. The SMILES string of the molecule is CCCCCSCc1ccccc1C#N. The zero-order chi connectivity index (χ0) is 10.9. The average molecular weight is 219 g/mol. The third kappa shape index (κ3) is 4.40. The fourth-order valence-electron chi connectivity index (χ4n) is 1.39. The number of benzene rings is 1. The summed E-state index contributed by atoms with van der Waals surface area (Å²) in [7, 11) is 0. The maximum absolute atomic E-state index is 8.90. The van der Waals surface area contributed by atoms with Gasteiger partial charge in [0.2, 0.25) is 0 Å². The topological polar surface area (TPSA) is 23.8 Å². The standard InChI is InChI=1S/C13H17NS/c1-2-3-6-9-15-11-13-8-5-4-7-12(13)10-14/h4-5,7-8H,2-3,6,9,11H2,1H3. The molecule has 0 atom stereocenters. The summed E-state index contributed by atoms with van der Waals surface area (Å²) in [4.78, 5) is 0. The van der Waals surface area contributed by atoms with Crippen molar-refractivity contribution in [3.63, 3.8) is 0 Å². The van der Waals surface area contributed by atoms with Crippen LogP contribution in [0, 0.1) is 11.3 Å². The summed E-state index contributed by atoms with van der Waals surface area (Å²) in [5.41, 5.74) is 1.99. The molecule has 0 bridgehead atoms. The number of nitrogens with zero attached hydrogens (tertiary/aromatic N) is 1. The Bertz CT molecular complexity index is 328. The highest BCUT2D eigenvalue weighted by Gasteiger charge is 1.99. The molecule has 0 saturated carbocycles. The number of hydrogen-bond acceptors (Lipinski definition) is 2. The minimum atomic E-state index is 0.820. The molecule has 0 fully saturated rings. The molecule has 0 amide bonds. The number of unbranched alkanes of at least 4 members (excludes halogenated alkanes) is 2. The third-order valence-electron chi connectivity index (χ3n) is 2.29. The minimum absolute atomic E-state index is 0.820. The summed E-state index contributed by atoms with van der Waals surface area (Å²) >= 11 is 1.92. The lowest BCUT2D eigenvalue weighted by Gasteiger charge is -2.03. The Kier molecular flexibility index (Phi) is 5.96. The Labute approximate surface area is 96.5 Å². The molecule has 0 aliphatic heterocycles. The molecule has 15 heavy (non-hydrogen) atoms. The largest absolute Gasteiger partial charge is 0.192 e. The van der Waals surface area contributed by atoms with E-state index in [4.69, 9.17) is 5.26 Å². The number of thioether (sulfide) groups is 1. The Morgan fingerprint density at radius 2 is 2.07 bits per heavy atom. The second-order valence-corrected chi connectivity index (χ2v) is 4.63. The smallest absolute Gasteiger partial charge is 0.0994 e. The molecule has 0 saturated heterocycles. The summed E-state index contributed by atoms with van der Waals surface area (Å²) in [6.07, 6.45) is 3.87. The quantitative estimate of drug-likeness (QED) is 0.676. The lowest BCUT2D eigenvalue weighted by molar-refractivity contribution is 0.778. The Balaban J connectivity index is 2.34. The summed E-state index contributed by atoms with van der Waals surface area (Å²) < 4.78 is 0. The van der Waals surface area contributed by atoms with Gasteiger partial charge in [-0.25, -0.2) is 0 Å². The van der Waals surface area contributed by atoms with Crippen molar-refractivity contribution in [3.05, 3.63) is 35.4 Å². The number of hydrogen-bond donors (Lipinski definition) is 0. The van der Waals surface area contributed by atoms with Crippen molar-refractivity contribution in [1.82, 2.24) is 0 Å². The van der Waals surface area contributed by atoms with E-state index in [0.717, 1.165) is 11.3 Å². The average Bonchev–Trinajstić information content (AvgIpc) is 2.29. The van der Waals surface area contributed by atoms with Crippen LogP contribution >= 0.6 is 11.8 Å². The van der Waals surface area contributed by atoms with E-state index < -0.39 is 0 Å². The molecule has 0 aliphatic carbocycles. The van der Waals surface area contributed by atoms with Crippen LogP contribution in [0.25, 0.3) is 0 Å². The maximum Gasteiger partial charge on any atom is 0.0994 e. The molecule has 0 radical (unpaired) electrons. The maximum atomic E-state index is 8.90.